The minimum atomic E-state index is -1.91. The van der Waals surface area contributed by atoms with Crippen LogP contribution >= 0.6 is 0 Å². The molecule has 170 valence electrons. The van der Waals surface area contributed by atoms with E-state index in [1.165, 1.54) is 5.57 Å². The molecule has 0 radical (unpaired) electrons. The first-order chi connectivity index (χ1) is 13.9. The molecule has 0 saturated carbocycles. The van der Waals surface area contributed by atoms with Crippen LogP contribution in [0, 0.1) is 23.7 Å². The summed E-state index contributed by atoms with van der Waals surface area (Å²) < 4.78 is 12.3. The van der Waals surface area contributed by atoms with E-state index in [0.717, 1.165) is 25.7 Å². The second kappa shape index (κ2) is 8.91. The van der Waals surface area contributed by atoms with E-state index >= 15 is 0 Å². The van der Waals surface area contributed by atoms with Gasteiger partial charge in [0.05, 0.1) is 18.6 Å². The Kier molecular flexibility index (Phi) is 7.05. The summed E-state index contributed by atoms with van der Waals surface area (Å²) in [5.74, 6) is 1.33. The smallest absolute Gasteiger partial charge is 0.308 e. The van der Waals surface area contributed by atoms with Crippen molar-refractivity contribution in [1.82, 2.24) is 0 Å². The Labute approximate surface area is 184 Å². The number of esters is 1. The van der Waals surface area contributed by atoms with Gasteiger partial charge in [0.15, 0.2) is 8.32 Å². The number of hydrogen-bond donors (Lipinski definition) is 1. The zero-order valence-electron chi connectivity index (χ0n) is 20.0. The second-order valence-corrected chi connectivity index (χ2v) is 16.2. The summed E-state index contributed by atoms with van der Waals surface area (Å²) in [6.07, 6.45) is 10.3. The van der Waals surface area contributed by atoms with Crippen LogP contribution in [-0.4, -0.2) is 37.7 Å². The quantitative estimate of drug-likeness (QED) is 0.450. The molecule has 3 rings (SSSR count). The number of cyclic esters (lactones) is 1. The fourth-order valence-electron chi connectivity index (χ4n) is 5.21. The molecule has 1 N–H and O–H groups in total. The summed E-state index contributed by atoms with van der Waals surface area (Å²) in [4.78, 5) is 12.3. The van der Waals surface area contributed by atoms with Gasteiger partial charge in [-0.3, -0.25) is 4.79 Å². The van der Waals surface area contributed by atoms with Gasteiger partial charge in [-0.25, -0.2) is 0 Å². The zero-order chi connectivity index (χ0) is 22.3. The summed E-state index contributed by atoms with van der Waals surface area (Å²) in [7, 11) is -1.91. The Morgan fingerprint density at radius 3 is 2.57 bits per heavy atom. The van der Waals surface area contributed by atoms with E-state index in [1.807, 2.05) is 0 Å². The van der Waals surface area contributed by atoms with Crippen LogP contribution in [-0.2, 0) is 14.0 Å². The topological polar surface area (TPSA) is 55.8 Å². The van der Waals surface area contributed by atoms with Crippen molar-refractivity contribution in [2.45, 2.75) is 103 Å². The van der Waals surface area contributed by atoms with Gasteiger partial charge >= 0.3 is 5.97 Å². The van der Waals surface area contributed by atoms with Crippen molar-refractivity contribution < 1.29 is 19.1 Å². The molecular formula is C25H42O4Si. The third-order valence-corrected chi connectivity index (χ3v) is 12.5. The molecule has 1 aliphatic heterocycles. The maximum absolute atomic E-state index is 12.3. The first kappa shape index (κ1) is 23.7. The first-order valence-corrected chi connectivity index (χ1v) is 14.7. The van der Waals surface area contributed by atoms with Crippen LogP contribution in [0.15, 0.2) is 23.8 Å². The second-order valence-electron chi connectivity index (χ2n) is 11.5. The Morgan fingerprint density at radius 1 is 1.20 bits per heavy atom. The molecular weight excluding hydrogens is 392 g/mol. The first-order valence-electron chi connectivity index (χ1n) is 11.8. The van der Waals surface area contributed by atoms with E-state index in [2.05, 4.69) is 65.9 Å². The van der Waals surface area contributed by atoms with Crippen LogP contribution in [0.1, 0.15) is 66.7 Å². The van der Waals surface area contributed by atoms with Gasteiger partial charge in [0, 0.05) is 12.3 Å². The normalized spacial score (nSPS) is 37.4. The highest BCUT2D eigenvalue weighted by molar-refractivity contribution is 6.74. The van der Waals surface area contributed by atoms with Crippen LogP contribution in [0.3, 0.4) is 0 Å². The van der Waals surface area contributed by atoms with E-state index < -0.39 is 8.32 Å². The lowest BCUT2D eigenvalue weighted by molar-refractivity contribution is -0.160. The molecule has 1 fully saturated rings. The van der Waals surface area contributed by atoms with Gasteiger partial charge in [0.2, 0.25) is 0 Å². The third-order valence-electron chi connectivity index (χ3n) is 7.93. The standard InChI is InChI=1S/C25H42O4Si/c1-16-12-18-9-8-17(2)21(24(18)22(26)13-16)11-10-19-14-20(15-23(27)28-19)29-30(6,7)25(3,4)5/h8-9,12,16-17,19-22,24,26H,10-11,13-15H2,1-7H3/t16-,17-,19?,20-,21-,22-,24?/m0/s1. The van der Waals surface area contributed by atoms with Gasteiger partial charge in [0.25, 0.3) is 0 Å². The summed E-state index contributed by atoms with van der Waals surface area (Å²) in [6, 6.07) is 0. The molecule has 0 bridgehead atoms. The Bertz CT molecular complexity index is 690. The molecule has 3 aliphatic rings. The Hall–Kier alpha value is -0.913. The highest BCUT2D eigenvalue weighted by Gasteiger charge is 2.42. The fourth-order valence-corrected chi connectivity index (χ4v) is 6.58. The van der Waals surface area contributed by atoms with Crippen molar-refractivity contribution in [2.24, 2.45) is 23.7 Å². The van der Waals surface area contributed by atoms with Crippen molar-refractivity contribution in [3.63, 3.8) is 0 Å². The number of hydrogen-bond acceptors (Lipinski definition) is 4. The molecule has 1 heterocycles. The molecule has 0 spiro atoms. The summed E-state index contributed by atoms with van der Waals surface area (Å²) >= 11 is 0. The van der Waals surface area contributed by atoms with Crippen LogP contribution < -0.4 is 0 Å². The average Bonchev–Trinajstić information content (AvgIpc) is 2.59. The lowest BCUT2D eigenvalue weighted by Gasteiger charge is -2.43. The minimum Gasteiger partial charge on any atom is -0.462 e. The van der Waals surface area contributed by atoms with E-state index in [9.17, 15) is 9.90 Å². The molecule has 30 heavy (non-hydrogen) atoms. The molecule has 0 aromatic carbocycles. The maximum atomic E-state index is 12.3. The summed E-state index contributed by atoms with van der Waals surface area (Å²) in [5.41, 5.74) is 1.30. The fraction of sp³-hybridized carbons (Fsp3) is 0.800. The molecule has 2 aliphatic carbocycles. The highest BCUT2D eigenvalue weighted by Crippen LogP contribution is 2.44. The van der Waals surface area contributed by atoms with Crippen molar-refractivity contribution in [1.29, 1.82) is 0 Å². The van der Waals surface area contributed by atoms with E-state index in [1.54, 1.807) is 0 Å². The third kappa shape index (κ3) is 5.28. The molecule has 0 aromatic rings. The van der Waals surface area contributed by atoms with Gasteiger partial charge < -0.3 is 14.3 Å². The number of ether oxygens (including phenoxy) is 1. The van der Waals surface area contributed by atoms with Gasteiger partial charge in [-0.05, 0) is 60.7 Å². The number of fused-ring (bicyclic) bond motifs is 1. The average molecular weight is 435 g/mol. The predicted octanol–water partition coefficient (Wildman–Crippen LogP) is 5.63. The van der Waals surface area contributed by atoms with Crippen molar-refractivity contribution in [3.05, 3.63) is 23.8 Å². The lowest BCUT2D eigenvalue weighted by atomic mass is 9.65. The number of carbonyl (C=O) groups excluding carboxylic acids is 1. The largest absolute Gasteiger partial charge is 0.462 e. The van der Waals surface area contributed by atoms with E-state index in [-0.39, 0.29) is 35.2 Å². The molecule has 4 nitrogen and oxygen atoms in total. The Morgan fingerprint density at radius 2 is 1.90 bits per heavy atom. The molecule has 0 aromatic heterocycles. The molecule has 1 saturated heterocycles. The van der Waals surface area contributed by atoms with Gasteiger partial charge in [-0.1, -0.05) is 52.8 Å². The molecule has 7 atom stereocenters. The maximum Gasteiger partial charge on any atom is 0.308 e. The van der Waals surface area contributed by atoms with Gasteiger partial charge in [-0.2, -0.15) is 0 Å². The SMILES string of the molecule is C[C@H]1C=C2C=C[C@H](C)[C@H](CCC3C[C@H](O[Si](C)(C)C(C)(C)C)CC(=O)O3)C2[C@@H](O)C1. The molecule has 2 unspecified atom stereocenters. The minimum absolute atomic E-state index is 0.0302. The molecule has 5 heteroatoms. The van der Waals surface area contributed by atoms with Crippen LogP contribution in [0.4, 0.5) is 0 Å². The monoisotopic (exact) mass is 434 g/mol. The predicted molar refractivity (Wildman–Crippen MR) is 124 cm³/mol. The van der Waals surface area contributed by atoms with E-state index in [0.29, 0.717) is 24.2 Å². The number of aliphatic hydroxyl groups is 1. The number of rotatable bonds is 5. The van der Waals surface area contributed by atoms with E-state index in [4.69, 9.17) is 9.16 Å². The van der Waals surface area contributed by atoms with Crippen molar-refractivity contribution in [2.75, 3.05) is 0 Å². The van der Waals surface area contributed by atoms with Crippen molar-refractivity contribution in [3.8, 4) is 0 Å². The Balaban J connectivity index is 1.64. The lowest BCUT2D eigenvalue weighted by Crippen LogP contribution is -2.47. The summed E-state index contributed by atoms with van der Waals surface area (Å²) in [6.45, 7) is 15.6. The highest BCUT2D eigenvalue weighted by atomic mass is 28.4. The van der Waals surface area contributed by atoms with Crippen molar-refractivity contribution >= 4 is 14.3 Å². The number of allylic oxidation sites excluding steroid dienone is 3. The number of carbonyl (C=O) groups is 1. The zero-order valence-corrected chi connectivity index (χ0v) is 21.0. The van der Waals surface area contributed by atoms with Crippen LogP contribution in [0.2, 0.25) is 18.1 Å². The van der Waals surface area contributed by atoms with Gasteiger partial charge in [0.1, 0.15) is 6.10 Å². The van der Waals surface area contributed by atoms with Gasteiger partial charge in [-0.15, -0.1) is 0 Å². The van der Waals surface area contributed by atoms with Crippen LogP contribution in [0.25, 0.3) is 0 Å². The number of aliphatic hydroxyl groups excluding tert-OH is 1. The summed E-state index contributed by atoms with van der Waals surface area (Å²) in [5, 5.41) is 10.9. The molecule has 0 amide bonds. The van der Waals surface area contributed by atoms with Crippen LogP contribution in [0.5, 0.6) is 0 Å².